The fourth-order valence-corrected chi connectivity index (χ4v) is 10.7. The number of esters is 1. The molecule has 5 atom stereocenters. The van der Waals surface area contributed by atoms with Gasteiger partial charge in [-0.15, -0.1) is 22.7 Å². The van der Waals surface area contributed by atoms with Crippen LogP contribution in [-0.2, 0) is 31.3 Å². The van der Waals surface area contributed by atoms with Crippen molar-refractivity contribution in [1.29, 1.82) is 0 Å². The number of amides is 1. The number of morpholine rings is 1. The number of likely N-dealkylation sites (N-methyl/N-ethyl adjacent to an activating group) is 1. The van der Waals surface area contributed by atoms with E-state index in [1.807, 2.05) is 59.3 Å². The lowest BCUT2D eigenvalue weighted by atomic mass is 9.94. The normalized spacial score (nSPS) is 23.9. The first-order valence-corrected chi connectivity index (χ1v) is 21.9. The van der Waals surface area contributed by atoms with Gasteiger partial charge in [0.1, 0.15) is 42.8 Å². The lowest BCUT2D eigenvalue weighted by molar-refractivity contribution is -0.955. The van der Waals surface area contributed by atoms with E-state index >= 15 is 0 Å². The van der Waals surface area contributed by atoms with Gasteiger partial charge in [-0.3, -0.25) is 9.59 Å². The van der Waals surface area contributed by atoms with Gasteiger partial charge in [-0.2, -0.15) is 0 Å². The summed E-state index contributed by atoms with van der Waals surface area (Å²) in [5.41, 5.74) is 0.220. The van der Waals surface area contributed by atoms with Crippen LogP contribution in [0.5, 0.6) is 5.75 Å². The van der Waals surface area contributed by atoms with Gasteiger partial charge in [0.25, 0.3) is 0 Å². The van der Waals surface area contributed by atoms with Crippen molar-refractivity contribution in [3.8, 4) is 5.75 Å². The Morgan fingerprint density at radius 2 is 1.64 bits per heavy atom. The van der Waals surface area contributed by atoms with E-state index in [9.17, 15) is 24.6 Å². The van der Waals surface area contributed by atoms with Crippen LogP contribution in [0.15, 0.2) is 94.4 Å². The second kappa shape index (κ2) is 17.4. The quantitative estimate of drug-likeness (QED) is 0.0329. The Balaban J connectivity index is 0.742. The summed E-state index contributed by atoms with van der Waals surface area (Å²) >= 11 is 2.67. The monoisotopic (exact) mass is 827 g/mol. The molecule has 5 N–H and O–H groups in total. The minimum absolute atomic E-state index is 0.0326. The summed E-state index contributed by atoms with van der Waals surface area (Å²) in [7, 11) is 2.20. The average molecular weight is 828 g/mol. The zero-order valence-electron chi connectivity index (χ0n) is 32.5. The zero-order chi connectivity index (χ0) is 40.3. The van der Waals surface area contributed by atoms with Gasteiger partial charge in [0.15, 0.2) is 0 Å². The van der Waals surface area contributed by atoms with Gasteiger partial charge >= 0.3 is 5.97 Å². The topological polar surface area (TPSA) is 163 Å². The molecule has 8 rings (SSSR count). The maximum absolute atomic E-state index is 13.6. The number of aliphatic hydroxyl groups is 2. The van der Waals surface area contributed by atoms with Gasteiger partial charge < -0.3 is 44.5 Å². The molecule has 12 nitrogen and oxygen atoms in total. The van der Waals surface area contributed by atoms with Gasteiger partial charge in [-0.25, -0.2) is 4.79 Å². The van der Waals surface area contributed by atoms with E-state index < -0.39 is 17.7 Å². The molecule has 3 aromatic heterocycles. The van der Waals surface area contributed by atoms with Gasteiger partial charge in [-0.05, 0) is 65.5 Å². The third kappa shape index (κ3) is 8.37. The van der Waals surface area contributed by atoms with E-state index in [0.717, 1.165) is 41.2 Å². The number of thiophene rings is 2. The third-order valence-corrected chi connectivity index (χ3v) is 14.1. The maximum Gasteiger partial charge on any atom is 0.349 e. The number of piperidine rings is 1. The summed E-state index contributed by atoms with van der Waals surface area (Å²) in [5, 5.41) is 33.7. The molecule has 3 saturated heterocycles. The maximum atomic E-state index is 13.6. The summed E-state index contributed by atoms with van der Waals surface area (Å²) in [4.78, 5) is 42.8. The van der Waals surface area contributed by atoms with E-state index in [1.165, 1.54) is 28.7 Å². The number of aromatic nitrogens is 1. The first kappa shape index (κ1) is 40.4. The van der Waals surface area contributed by atoms with E-state index in [4.69, 9.17) is 14.2 Å². The molecule has 0 radical (unpaired) electrons. The SMILES string of the molecule is C[N+]1(CCC(=O)NCCCCCNC[C@H](O)c2ccc(OCc3ccccc3)c3[nH]c(=O)ccc23)C2CC(OC(=O)C(O)(c3cccs3)c3cccs3)CC1C1OC12. The number of aliphatic hydroxyl groups excluding tert-OH is 1. The first-order chi connectivity index (χ1) is 28.1. The van der Waals surface area contributed by atoms with Crippen molar-refractivity contribution in [2.75, 3.05) is 33.2 Å². The largest absolute Gasteiger partial charge is 0.487 e. The molecule has 0 spiro atoms. The highest BCUT2D eigenvalue weighted by Gasteiger charge is 2.72. The van der Waals surface area contributed by atoms with Gasteiger partial charge in [0.2, 0.25) is 17.1 Å². The number of carbonyl (C=O) groups is 2. The van der Waals surface area contributed by atoms with Crippen molar-refractivity contribution in [2.24, 2.45) is 0 Å². The van der Waals surface area contributed by atoms with Crippen LogP contribution in [-0.4, -0.2) is 95.2 Å². The standard InChI is InChI=1S/C44H50N4O8S2/c1-48(32-24-29(25-33(48)42-41(32)56-42)55-43(52)44(53,36-12-8-22-57-36)37-13-9-23-58-37)21-18-38(50)46-20-7-3-6-19-45-26-34(49)30-14-16-35(40-31(30)15-17-39(51)47-40)54-27-28-10-4-2-5-11-28/h2,4-5,8-17,22-23,29,32-34,41-42,45,49,53H,3,6-7,18-21,24-27H2,1H3,(H-,46,47,50,51)/p+1/t29?,32?,33?,34-,41?,42?,48?/m0/s1. The average Bonchev–Trinajstić information content (AvgIpc) is 3.51. The molecule has 2 aromatic carbocycles. The fraction of sp³-hybridized carbons (Fsp3) is 0.432. The summed E-state index contributed by atoms with van der Waals surface area (Å²) in [5.74, 6) is -0.0532. The molecule has 14 heteroatoms. The lowest BCUT2D eigenvalue weighted by Crippen LogP contribution is -2.63. The third-order valence-electron chi connectivity index (χ3n) is 12.2. The van der Waals surface area contributed by atoms with Gasteiger partial charge in [-0.1, -0.05) is 55.0 Å². The second-order valence-electron chi connectivity index (χ2n) is 15.9. The smallest absolute Gasteiger partial charge is 0.349 e. The van der Waals surface area contributed by atoms with Crippen LogP contribution in [0.3, 0.4) is 0 Å². The number of unbranched alkanes of at least 4 members (excludes halogenated alkanes) is 2. The number of aromatic amines is 1. The molecule has 0 saturated carbocycles. The predicted octanol–water partition coefficient (Wildman–Crippen LogP) is 5.14. The Bertz CT molecular complexity index is 2180. The molecule has 1 amide bonds. The molecule has 3 fully saturated rings. The highest BCUT2D eigenvalue weighted by Crippen LogP contribution is 2.53. The van der Waals surface area contributed by atoms with E-state index in [2.05, 4.69) is 22.7 Å². The van der Waals surface area contributed by atoms with Crippen molar-refractivity contribution in [1.82, 2.24) is 15.6 Å². The number of H-pyrrole nitrogens is 1. The summed E-state index contributed by atoms with van der Waals surface area (Å²) in [6.07, 6.45) is 3.46. The van der Waals surface area contributed by atoms with Gasteiger partial charge in [0, 0.05) is 37.4 Å². The minimum atomic E-state index is -1.83. The molecule has 4 unspecified atom stereocenters. The molecule has 5 aromatic rings. The molecule has 0 aliphatic carbocycles. The Kier molecular flexibility index (Phi) is 12.1. The Hall–Kier alpha value is -4.41. The number of rotatable bonds is 19. The molecular weight excluding hydrogens is 777 g/mol. The number of pyridine rings is 1. The van der Waals surface area contributed by atoms with Crippen LogP contribution in [0, 0.1) is 0 Å². The van der Waals surface area contributed by atoms with Crippen LogP contribution in [0.4, 0.5) is 0 Å². The van der Waals surface area contributed by atoms with Crippen molar-refractivity contribution < 1.29 is 38.5 Å². The van der Waals surface area contributed by atoms with Crippen molar-refractivity contribution >= 4 is 45.5 Å². The van der Waals surface area contributed by atoms with Crippen molar-refractivity contribution in [3.63, 3.8) is 0 Å². The molecule has 3 aliphatic heterocycles. The first-order valence-electron chi connectivity index (χ1n) is 20.1. The number of hydrogen-bond acceptors (Lipinski definition) is 11. The number of ether oxygens (including phenoxy) is 3. The number of nitrogens with one attached hydrogen (secondary N) is 3. The van der Waals surface area contributed by atoms with Crippen LogP contribution in [0.25, 0.3) is 10.9 Å². The number of carbonyl (C=O) groups excluding carboxylic acids is 2. The van der Waals surface area contributed by atoms with E-state index in [1.54, 1.807) is 24.3 Å². The number of hydrogen-bond donors (Lipinski definition) is 5. The molecular formula is C44H51N4O8S2+. The molecule has 2 bridgehead atoms. The van der Waals surface area contributed by atoms with E-state index in [-0.39, 0.29) is 41.9 Å². The van der Waals surface area contributed by atoms with Crippen molar-refractivity contribution in [2.45, 2.75) is 87.2 Å². The van der Waals surface area contributed by atoms with Crippen molar-refractivity contribution in [3.05, 3.63) is 121 Å². The summed E-state index contributed by atoms with van der Waals surface area (Å²) < 4.78 is 18.9. The van der Waals surface area contributed by atoms with Crippen LogP contribution in [0.2, 0.25) is 0 Å². The lowest BCUT2D eigenvalue weighted by Gasteiger charge is -2.48. The predicted molar refractivity (Wildman–Crippen MR) is 223 cm³/mol. The zero-order valence-corrected chi connectivity index (χ0v) is 34.1. The number of benzene rings is 2. The second-order valence-corrected chi connectivity index (χ2v) is 17.7. The highest BCUT2D eigenvalue weighted by atomic mass is 32.1. The minimum Gasteiger partial charge on any atom is -0.487 e. The Morgan fingerprint density at radius 3 is 2.33 bits per heavy atom. The Morgan fingerprint density at radius 1 is 0.931 bits per heavy atom. The molecule has 58 heavy (non-hydrogen) atoms. The summed E-state index contributed by atoms with van der Waals surface area (Å²) in [6.45, 7) is 2.73. The Labute approximate surface area is 345 Å². The van der Waals surface area contributed by atoms with Crippen LogP contribution >= 0.6 is 22.7 Å². The number of quaternary nitrogens is 1. The van der Waals surface area contributed by atoms with Crippen LogP contribution in [0.1, 0.15) is 65.5 Å². The molecule has 6 heterocycles. The molecule has 306 valence electrons. The fourth-order valence-electron chi connectivity index (χ4n) is 8.97. The number of nitrogens with zero attached hydrogens (tertiary/aromatic N) is 1. The highest BCUT2D eigenvalue weighted by molar-refractivity contribution is 7.12. The summed E-state index contributed by atoms with van der Waals surface area (Å²) in [6, 6.07) is 24.1. The number of fused-ring (bicyclic) bond motifs is 6. The molecule has 3 aliphatic rings. The van der Waals surface area contributed by atoms with Gasteiger partial charge in [0.05, 0.1) is 41.4 Å². The number of epoxide rings is 1. The van der Waals surface area contributed by atoms with Crippen LogP contribution < -0.4 is 20.9 Å². The van der Waals surface area contributed by atoms with E-state index in [0.29, 0.717) is 72.1 Å².